The van der Waals surface area contributed by atoms with Crippen molar-refractivity contribution < 1.29 is 0 Å². The third-order valence-electron chi connectivity index (χ3n) is 18.6. The summed E-state index contributed by atoms with van der Waals surface area (Å²) in [6.45, 7) is 0. The minimum Gasteiger partial charge on any atom is -0.309 e. The average molecular weight is 1010 g/mol. The van der Waals surface area contributed by atoms with Crippen LogP contribution >= 0.6 is 0 Å². The van der Waals surface area contributed by atoms with Gasteiger partial charge in [0.15, 0.2) is 0 Å². The second kappa shape index (κ2) is 15.5. The maximum Gasteiger partial charge on any atom is 0.100 e. The van der Waals surface area contributed by atoms with E-state index >= 15 is 0 Å². The predicted octanol–water partition coefficient (Wildman–Crippen LogP) is 18.0. The topological polar surface area (TPSA) is 57.4 Å². The molecule has 12 aromatic carbocycles. The summed E-state index contributed by atoms with van der Waals surface area (Å²) in [5, 5.41) is 26.4. The lowest BCUT2D eigenvalue weighted by atomic mass is 9.65. The van der Waals surface area contributed by atoms with E-state index in [1.165, 1.54) is 105 Å². The van der Waals surface area contributed by atoms with E-state index in [2.05, 4.69) is 258 Å². The second-order valence-electron chi connectivity index (χ2n) is 22.0. The summed E-state index contributed by atoms with van der Waals surface area (Å²) in [6.07, 6.45) is 0. The third-order valence-corrected chi connectivity index (χ3v) is 18.6. The molecule has 2 atom stereocenters. The molecule has 0 saturated carbocycles. The van der Waals surface area contributed by atoms with Gasteiger partial charge in [0.05, 0.1) is 61.5 Å². The Morgan fingerprint density at radius 1 is 0.287 bits per heavy atom. The Kier molecular flexibility index (Phi) is 8.37. The minimum atomic E-state index is -0.657. The van der Waals surface area contributed by atoms with Crippen molar-refractivity contribution >= 4 is 43.6 Å². The number of nitrogens with zero attached hydrogens (tertiary/aromatic N) is 4. The third kappa shape index (κ3) is 5.11. The number of nitriles is 2. The van der Waals surface area contributed by atoms with E-state index in [9.17, 15) is 10.5 Å². The van der Waals surface area contributed by atoms with Crippen LogP contribution in [0.2, 0.25) is 0 Å². The van der Waals surface area contributed by atoms with E-state index in [0.717, 1.165) is 50.1 Å². The van der Waals surface area contributed by atoms with Crippen molar-refractivity contribution in [2.24, 2.45) is 0 Å². The predicted molar refractivity (Wildman–Crippen MR) is 323 cm³/mol. The van der Waals surface area contributed by atoms with Gasteiger partial charge in [-0.3, -0.25) is 0 Å². The summed E-state index contributed by atoms with van der Waals surface area (Å²) in [7, 11) is 0. The van der Waals surface area contributed by atoms with E-state index in [4.69, 9.17) is 0 Å². The molecular formula is C76H42N4. The first-order chi connectivity index (χ1) is 39.6. The Morgan fingerprint density at radius 2 is 0.738 bits per heavy atom. The normalized spacial score (nSPS) is 16.3. The van der Waals surface area contributed by atoms with Crippen molar-refractivity contribution in [3.63, 3.8) is 0 Å². The summed E-state index contributed by atoms with van der Waals surface area (Å²) < 4.78 is 4.96. The first-order valence-corrected chi connectivity index (χ1v) is 27.4. The van der Waals surface area contributed by atoms with Gasteiger partial charge in [0, 0.05) is 32.7 Å². The molecule has 14 aromatic rings. The van der Waals surface area contributed by atoms with E-state index in [1.54, 1.807) is 0 Å². The number of hydrogen-bond acceptors (Lipinski definition) is 2. The van der Waals surface area contributed by atoms with Crippen LogP contribution < -0.4 is 0 Å². The van der Waals surface area contributed by atoms with Gasteiger partial charge in [-0.05, 0) is 138 Å². The van der Waals surface area contributed by atoms with Gasteiger partial charge in [-0.15, -0.1) is 0 Å². The van der Waals surface area contributed by atoms with Gasteiger partial charge < -0.3 is 9.13 Å². The van der Waals surface area contributed by atoms with Crippen molar-refractivity contribution in [2.45, 2.75) is 10.8 Å². The molecule has 2 aliphatic heterocycles. The molecule has 80 heavy (non-hydrogen) atoms. The summed E-state index contributed by atoms with van der Waals surface area (Å²) in [6, 6.07) is 98.3. The summed E-state index contributed by atoms with van der Waals surface area (Å²) in [5.74, 6) is 0. The van der Waals surface area contributed by atoms with Crippen molar-refractivity contribution in [3.8, 4) is 79.1 Å². The van der Waals surface area contributed by atoms with E-state index in [1.807, 2.05) is 18.2 Å². The molecule has 4 nitrogen and oxygen atoms in total. The fourth-order valence-electron chi connectivity index (χ4n) is 15.7. The minimum absolute atomic E-state index is 0.559. The van der Waals surface area contributed by atoms with Crippen LogP contribution in [-0.2, 0) is 10.8 Å². The van der Waals surface area contributed by atoms with Gasteiger partial charge in [0.25, 0.3) is 0 Å². The quantitative estimate of drug-likeness (QED) is 0.177. The molecule has 2 aromatic heterocycles. The Hall–Kier alpha value is -10.8. The molecule has 0 bridgehead atoms. The van der Waals surface area contributed by atoms with Crippen molar-refractivity contribution in [2.75, 3.05) is 0 Å². The monoisotopic (exact) mass is 1010 g/mol. The molecule has 0 saturated heterocycles. The van der Waals surface area contributed by atoms with Crippen LogP contribution in [0.3, 0.4) is 0 Å². The van der Waals surface area contributed by atoms with Crippen molar-refractivity contribution in [1.82, 2.24) is 9.13 Å². The molecule has 4 heterocycles. The SMILES string of the molecule is N#Cc1cccc(-c2ccc3c4c2c2ccccc2n4-c2ccccc2C32c3ccccc3-c3cc(-c4cccc(-c5ccc6c(c5)-c5ccccc5C65c6ccccc6-n6c7ccccc7c7cccc5c76)c4C#N)ccc32)c1. The zero-order valence-corrected chi connectivity index (χ0v) is 43.0. The van der Waals surface area contributed by atoms with Crippen molar-refractivity contribution in [1.29, 1.82) is 10.5 Å². The van der Waals surface area contributed by atoms with Crippen LogP contribution in [0.4, 0.5) is 0 Å². The molecule has 0 fully saturated rings. The summed E-state index contributed by atoms with van der Waals surface area (Å²) in [4.78, 5) is 0. The molecule has 18 rings (SSSR count). The fraction of sp³-hybridized carbons (Fsp3) is 0.0263. The number of para-hydroxylation sites is 5. The average Bonchev–Trinajstić information content (AvgIpc) is 2.87. The van der Waals surface area contributed by atoms with E-state index < -0.39 is 10.8 Å². The second-order valence-corrected chi connectivity index (χ2v) is 22.0. The molecule has 4 aliphatic rings. The highest BCUT2D eigenvalue weighted by Crippen LogP contribution is 2.64. The largest absolute Gasteiger partial charge is 0.309 e. The highest BCUT2D eigenvalue weighted by molar-refractivity contribution is 6.19. The Balaban J connectivity index is 0.829. The number of hydrogen-bond donors (Lipinski definition) is 0. The van der Waals surface area contributed by atoms with Gasteiger partial charge in [-0.1, -0.05) is 206 Å². The molecule has 366 valence electrons. The molecule has 2 spiro atoms. The molecule has 0 radical (unpaired) electrons. The summed E-state index contributed by atoms with van der Waals surface area (Å²) in [5.41, 5.74) is 27.9. The number of fused-ring (bicyclic) bond motifs is 24. The van der Waals surface area contributed by atoms with Crippen molar-refractivity contribution in [3.05, 3.63) is 310 Å². The van der Waals surface area contributed by atoms with Crippen LogP contribution in [0.5, 0.6) is 0 Å². The van der Waals surface area contributed by atoms with Gasteiger partial charge in [0.2, 0.25) is 0 Å². The van der Waals surface area contributed by atoms with E-state index in [-0.39, 0.29) is 0 Å². The fourth-order valence-corrected chi connectivity index (χ4v) is 15.7. The Bertz CT molecular complexity index is 5240. The van der Waals surface area contributed by atoms with Gasteiger partial charge in [-0.25, -0.2) is 0 Å². The van der Waals surface area contributed by atoms with Crippen LogP contribution in [-0.4, -0.2) is 9.13 Å². The lowest BCUT2D eigenvalue weighted by Gasteiger charge is -2.39. The van der Waals surface area contributed by atoms with Gasteiger partial charge in [0.1, 0.15) is 6.07 Å². The number of benzene rings is 12. The first kappa shape index (κ1) is 43.3. The molecule has 2 unspecified atom stereocenters. The first-order valence-electron chi connectivity index (χ1n) is 27.4. The van der Waals surface area contributed by atoms with Gasteiger partial charge in [-0.2, -0.15) is 10.5 Å². The molecule has 0 N–H and O–H groups in total. The molecule has 2 aliphatic carbocycles. The highest BCUT2D eigenvalue weighted by atomic mass is 15.0. The van der Waals surface area contributed by atoms with Crippen LogP contribution in [0, 0.1) is 22.7 Å². The molecule has 0 amide bonds. The van der Waals surface area contributed by atoms with Crippen LogP contribution in [0.15, 0.2) is 255 Å². The zero-order chi connectivity index (χ0) is 52.6. The van der Waals surface area contributed by atoms with Crippen LogP contribution in [0.1, 0.15) is 55.6 Å². The maximum absolute atomic E-state index is 11.5. The molecular weight excluding hydrogens is 969 g/mol. The Morgan fingerprint density at radius 3 is 1.38 bits per heavy atom. The zero-order valence-electron chi connectivity index (χ0n) is 43.0. The van der Waals surface area contributed by atoms with Crippen LogP contribution in [0.25, 0.3) is 111 Å². The van der Waals surface area contributed by atoms with E-state index in [0.29, 0.717) is 11.1 Å². The summed E-state index contributed by atoms with van der Waals surface area (Å²) >= 11 is 0. The standard InChI is InChI=1S/C76H42N4/c77-43-45-16-13-17-46(40-45)51-36-39-67-74-72(51)56-21-4-10-31-69(56)80(74)71-33-12-8-28-65(71)76(67)61-26-6-2-19-53(61)58-42-48(35-38-63(58)76)50-23-14-22-49(59(50)44-78)47-34-37-62-57(41-47)52-18-1-5-25-60(52)75(62)64-27-7-11-32-70(64)79-68-30-9-3-20-54(68)55-24-15-29-66(75)73(55)79/h1-42H. The number of rotatable bonds is 3. The lowest BCUT2D eigenvalue weighted by Crippen LogP contribution is -2.33. The smallest absolute Gasteiger partial charge is 0.100 e. The lowest BCUT2D eigenvalue weighted by molar-refractivity contribution is 0.748. The Labute approximate surface area is 461 Å². The molecule has 4 heteroatoms. The maximum atomic E-state index is 11.5. The van der Waals surface area contributed by atoms with Gasteiger partial charge >= 0.3 is 0 Å². The number of aromatic nitrogens is 2. The highest BCUT2D eigenvalue weighted by Gasteiger charge is 2.53.